The van der Waals surface area contributed by atoms with E-state index in [9.17, 15) is 10.4 Å². The first-order valence-electron chi connectivity index (χ1n) is 12.3. The van der Waals surface area contributed by atoms with Gasteiger partial charge in [-0.2, -0.15) is 5.26 Å². The number of hydrogen-bond donors (Lipinski definition) is 2. The normalized spacial score (nSPS) is 17.3. The molecule has 0 saturated heterocycles. The third-order valence-corrected chi connectivity index (χ3v) is 6.33. The second-order valence-corrected chi connectivity index (χ2v) is 9.16. The van der Waals surface area contributed by atoms with Crippen molar-refractivity contribution in [3.8, 4) is 28.7 Å². The second kappa shape index (κ2) is 11.2. The zero-order valence-corrected chi connectivity index (χ0v) is 20.6. The summed E-state index contributed by atoms with van der Waals surface area (Å²) in [7, 11) is 1.64. The van der Waals surface area contributed by atoms with Gasteiger partial charge >= 0.3 is 0 Å². The molecule has 3 aromatic heterocycles. The molecule has 10 heteroatoms. The van der Waals surface area contributed by atoms with Crippen LogP contribution in [0, 0.1) is 11.3 Å². The molecule has 3 heterocycles. The van der Waals surface area contributed by atoms with Crippen molar-refractivity contribution in [2.24, 2.45) is 0 Å². The number of rotatable bonds is 8. The van der Waals surface area contributed by atoms with Crippen molar-refractivity contribution < 1.29 is 9.84 Å². The molecular weight excluding hydrogens is 468 g/mol. The fraction of sp³-hybridized carbons (Fsp3) is 0.333. The number of benzene rings is 1. The average Bonchev–Trinajstić information content (AvgIpc) is 3.39. The lowest BCUT2D eigenvalue weighted by atomic mass is 9.93. The van der Waals surface area contributed by atoms with Gasteiger partial charge in [-0.25, -0.2) is 14.6 Å². The first kappa shape index (κ1) is 24.5. The van der Waals surface area contributed by atoms with Gasteiger partial charge in [0, 0.05) is 18.7 Å². The maximum atomic E-state index is 9.86. The fourth-order valence-corrected chi connectivity index (χ4v) is 4.45. The minimum absolute atomic E-state index is 0.179. The Morgan fingerprint density at radius 3 is 2.59 bits per heavy atom. The molecule has 10 nitrogen and oxygen atoms in total. The van der Waals surface area contributed by atoms with Gasteiger partial charge in [0.2, 0.25) is 5.95 Å². The summed E-state index contributed by atoms with van der Waals surface area (Å²) < 4.78 is 6.90. The number of aliphatic hydroxyl groups is 1. The van der Waals surface area contributed by atoms with E-state index < -0.39 is 0 Å². The number of ether oxygens (including phenoxy) is 1. The Labute approximate surface area is 215 Å². The molecular formula is C27H28N8O2. The highest BCUT2D eigenvalue weighted by atomic mass is 16.5. The Bertz CT molecular complexity index is 1410. The molecule has 188 valence electrons. The van der Waals surface area contributed by atoms with Gasteiger partial charge in [0.1, 0.15) is 5.69 Å². The van der Waals surface area contributed by atoms with Gasteiger partial charge in [-0.3, -0.25) is 4.98 Å². The van der Waals surface area contributed by atoms with Crippen molar-refractivity contribution in [1.82, 2.24) is 29.9 Å². The maximum Gasteiger partial charge on any atom is 0.224 e. The smallest absolute Gasteiger partial charge is 0.224 e. The van der Waals surface area contributed by atoms with Crippen LogP contribution in [0.2, 0.25) is 0 Å². The van der Waals surface area contributed by atoms with Crippen LogP contribution in [0.15, 0.2) is 54.7 Å². The van der Waals surface area contributed by atoms with E-state index in [4.69, 9.17) is 14.7 Å². The molecule has 0 aliphatic heterocycles. The van der Waals surface area contributed by atoms with E-state index in [0.29, 0.717) is 41.7 Å². The van der Waals surface area contributed by atoms with Crippen LogP contribution in [0.1, 0.15) is 42.6 Å². The van der Waals surface area contributed by atoms with Crippen LogP contribution in [0.3, 0.4) is 0 Å². The minimum atomic E-state index is -0.241. The van der Waals surface area contributed by atoms with Crippen molar-refractivity contribution in [1.29, 1.82) is 5.26 Å². The van der Waals surface area contributed by atoms with Gasteiger partial charge in [-0.15, -0.1) is 5.10 Å². The molecule has 0 bridgehead atoms. The Morgan fingerprint density at radius 2 is 1.78 bits per heavy atom. The zero-order chi connectivity index (χ0) is 25.6. The Kier molecular flexibility index (Phi) is 7.44. The molecule has 0 unspecified atom stereocenters. The lowest BCUT2D eigenvalue weighted by Gasteiger charge is -2.26. The number of nitriles is 1. The molecule has 1 fully saturated rings. The summed E-state index contributed by atoms with van der Waals surface area (Å²) in [4.78, 5) is 14.1. The number of nitrogens with zero attached hydrogens (tertiary/aromatic N) is 7. The van der Waals surface area contributed by atoms with E-state index in [-0.39, 0.29) is 12.1 Å². The lowest BCUT2D eigenvalue weighted by Crippen LogP contribution is -2.29. The summed E-state index contributed by atoms with van der Waals surface area (Å²) in [5.74, 6) is 0.486. The van der Waals surface area contributed by atoms with Gasteiger partial charge in [0.05, 0.1) is 59.9 Å². The number of hydrogen-bond acceptors (Lipinski definition) is 9. The third-order valence-electron chi connectivity index (χ3n) is 6.33. The lowest BCUT2D eigenvalue weighted by molar-refractivity contribution is 0.126. The molecule has 0 atom stereocenters. The van der Waals surface area contributed by atoms with Crippen LogP contribution in [-0.2, 0) is 17.9 Å². The maximum absolute atomic E-state index is 9.86. The highest BCUT2D eigenvalue weighted by Gasteiger charge is 2.21. The van der Waals surface area contributed by atoms with Crippen LogP contribution in [-0.4, -0.2) is 54.3 Å². The number of methoxy groups -OCH3 is 1. The highest BCUT2D eigenvalue weighted by molar-refractivity contribution is 5.68. The molecule has 37 heavy (non-hydrogen) atoms. The van der Waals surface area contributed by atoms with E-state index in [2.05, 4.69) is 26.7 Å². The van der Waals surface area contributed by atoms with Crippen molar-refractivity contribution in [3.05, 3.63) is 71.7 Å². The van der Waals surface area contributed by atoms with Crippen molar-refractivity contribution >= 4 is 5.95 Å². The molecule has 0 amide bonds. The minimum Gasteiger partial charge on any atom is -0.393 e. The van der Waals surface area contributed by atoms with Gasteiger partial charge < -0.3 is 15.2 Å². The molecule has 1 saturated carbocycles. The fourth-order valence-electron chi connectivity index (χ4n) is 4.45. The summed E-state index contributed by atoms with van der Waals surface area (Å²) in [5, 5.41) is 31.3. The van der Waals surface area contributed by atoms with Gasteiger partial charge in [0.25, 0.3) is 0 Å². The monoisotopic (exact) mass is 496 g/mol. The van der Waals surface area contributed by atoms with E-state index in [1.165, 1.54) is 0 Å². The van der Waals surface area contributed by atoms with E-state index in [1.54, 1.807) is 17.9 Å². The van der Waals surface area contributed by atoms with Crippen LogP contribution in [0.4, 0.5) is 5.95 Å². The average molecular weight is 497 g/mol. The van der Waals surface area contributed by atoms with Gasteiger partial charge in [-0.1, -0.05) is 23.4 Å². The standard InChI is InChI=1S/C27H28N8O2/c1-37-17-22-7-3-6-21(29-22)15-35-16-26(33-34-35)25-13-24(19-5-2-4-18(12-19)14-28)31-27(32-25)30-20-8-10-23(36)11-9-20/h2-7,12-13,16,20,23,36H,8-11,15,17H2,1H3,(H,30,31,32)/t20-,23-. The predicted octanol–water partition coefficient (Wildman–Crippen LogP) is 3.58. The number of aromatic nitrogens is 6. The SMILES string of the molecule is COCc1cccc(Cn2cc(-c3cc(-c4cccc(C#N)c4)nc(N[C@H]4CC[C@H](O)CC4)n3)nn2)n1. The van der Waals surface area contributed by atoms with Crippen molar-refractivity contribution in [2.45, 2.75) is 51.0 Å². The molecule has 5 rings (SSSR count). The van der Waals surface area contributed by atoms with E-state index in [0.717, 1.165) is 42.6 Å². The molecule has 4 aromatic rings. The summed E-state index contributed by atoms with van der Waals surface area (Å²) >= 11 is 0. The summed E-state index contributed by atoms with van der Waals surface area (Å²) in [6.07, 6.45) is 4.79. The van der Waals surface area contributed by atoms with Crippen molar-refractivity contribution in [2.75, 3.05) is 12.4 Å². The molecule has 1 aliphatic carbocycles. The highest BCUT2D eigenvalue weighted by Crippen LogP contribution is 2.27. The number of nitrogens with one attached hydrogen (secondary N) is 1. The third kappa shape index (κ3) is 6.14. The molecule has 0 spiro atoms. The topological polar surface area (TPSA) is 135 Å². The molecule has 2 N–H and O–H groups in total. The second-order valence-electron chi connectivity index (χ2n) is 9.16. The first-order valence-corrected chi connectivity index (χ1v) is 12.3. The van der Waals surface area contributed by atoms with Crippen LogP contribution < -0.4 is 5.32 Å². The van der Waals surface area contributed by atoms with Crippen LogP contribution in [0.25, 0.3) is 22.6 Å². The van der Waals surface area contributed by atoms with Gasteiger partial charge in [0.15, 0.2) is 0 Å². The Balaban J connectivity index is 1.44. The molecule has 1 aromatic carbocycles. The Morgan fingerprint density at radius 1 is 1.00 bits per heavy atom. The molecule has 0 radical (unpaired) electrons. The molecule has 1 aliphatic rings. The van der Waals surface area contributed by atoms with Crippen molar-refractivity contribution in [3.63, 3.8) is 0 Å². The summed E-state index contributed by atoms with van der Waals surface area (Å²) in [5.41, 5.74) is 4.99. The van der Waals surface area contributed by atoms with Gasteiger partial charge in [-0.05, 0) is 56.0 Å². The van der Waals surface area contributed by atoms with E-state index in [1.807, 2.05) is 48.7 Å². The first-order chi connectivity index (χ1) is 18.1. The zero-order valence-electron chi connectivity index (χ0n) is 20.6. The predicted molar refractivity (Wildman–Crippen MR) is 137 cm³/mol. The largest absolute Gasteiger partial charge is 0.393 e. The Hall–Kier alpha value is -4.20. The summed E-state index contributed by atoms with van der Waals surface area (Å²) in [6.45, 7) is 0.908. The van der Waals surface area contributed by atoms with Crippen LogP contribution in [0.5, 0.6) is 0 Å². The number of anilines is 1. The van der Waals surface area contributed by atoms with E-state index >= 15 is 0 Å². The van der Waals surface area contributed by atoms with Crippen LogP contribution >= 0.6 is 0 Å². The summed E-state index contributed by atoms with van der Waals surface area (Å²) in [6, 6.07) is 17.4. The number of pyridine rings is 1. The number of aliphatic hydroxyl groups excluding tert-OH is 1. The quantitative estimate of drug-likeness (QED) is 0.375.